The lowest BCUT2D eigenvalue weighted by Gasteiger charge is -2.01. The van der Waals surface area contributed by atoms with Crippen molar-refractivity contribution in [3.05, 3.63) is 65.3 Å². The summed E-state index contributed by atoms with van der Waals surface area (Å²) in [5.41, 5.74) is 6.26. The minimum atomic E-state index is 0.0882. The molecule has 150 valence electrons. The highest BCUT2D eigenvalue weighted by atomic mass is 35.5. The minimum absolute atomic E-state index is 0.0882. The number of pyridine rings is 2. The zero-order chi connectivity index (χ0) is 20.9. The molecular weight excluding hydrogens is 432 g/mol. The molecule has 5 aromatic heterocycles. The molecule has 7 nitrogen and oxygen atoms in total. The Morgan fingerprint density at radius 2 is 1.87 bits per heavy atom. The van der Waals surface area contributed by atoms with E-state index in [2.05, 4.69) is 20.2 Å². The van der Waals surface area contributed by atoms with Crippen LogP contribution in [-0.4, -0.2) is 35.2 Å². The molecular formula is C22H13ClN6OS. The Balaban J connectivity index is 1.51. The number of rotatable bonds is 3. The fourth-order valence-electron chi connectivity index (χ4n) is 3.59. The fraction of sp³-hybridized carbons (Fsp3) is 0. The first kappa shape index (κ1) is 18.1. The standard InChI is InChI=1S/C22H13ClN6OS/c23-18-7-6-17(31-18)13-2-1-3-15-19(13)27-22(26-15)21-20-16(28-29-21)5-4-14(25-20)11-8-12(30)10-24-9-11/h1-10,30H,(H,26,27)(H,28,29). The number of H-pyrrole nitrogens is 2. The Morgan fingerprint density at radius 3 is 2.71 bits per heavy atom. The highest BCUT2D eigenvalue weighted by Gasteiger charge is 2.17. The van der Waals surface area contributed by atoms with E-state index in [0.717, 1.165) is 36.9 Å². The zero-order valence-electron chi connectivity index (χ0n) is 15.8. The average Bonchev–Trinajstić information content (AvgIpc) is 3.50. The maximum absolute atomic E-state index is 9.75. The highest BCUT2D eigenvalue weighted by molar-refractivity contribution is 7.19. The third-order valence-electron chi connectivity index (χ3n) is 5.00. The van der Waals surface area contributed by atoms with Gasteiger partial charge in [0.15, 0.2) is 11.5 Å². The second-order valence-electron chi connectivity index (χ2n) is 6.99. The molecule has 0 aliphatic carbocycles. The van der Waals surface area contributed by atoms with Gasteiger partial charge in [-0.05, 0) is 36.4 Å². The molecule has 0 bridgehead atoms. The maximum atomic E-state index is 9.75. The van der Waals surface area contributed by atoms with Gasteiger partial charge in [0.2, 0.25) is 0 Å². The molecule has 0 fully saturated rings. The fourth-order valence-corrected chi connectivity index (χ4v) is 4.66. The summed E-state index contributed by atoms with van der Waals surface area (Å²) < 4.78 is 0.735. The molecule has 0 saturated heterocycles. The van der Waals surface area contributed by atoms with Gasteiger partial charge < -0.3 is 10.1 Å². The number of benzene rings is 1. The molecule has 0 aliphatic heterocycles. The summed E-state index contributed by atoms with van der Waals surface area (Å²) >= 11 is 7.65. The number of para-hydroxylation sites is 1. The molecule has 0 radical (unpaired) electrons. The summed E-state index contributed by atoms with van der Waals surface area (Å²) in [4.78, 5) is 18.0. The van der Waals surface area contributed by atoms with Gasteiger partial charge in [-0.3, -0.25) is 10.1 Å². The van der Waals surface area contributed by atoms with Crippen LogP contribution in [0.4, 0.5) is 0 Å². The van der Waals surface area contributed by atoms with Crippen molar-refractivity contribution in [3.8, 4) is 39.0 Å². The first-order valence-electron chi connectivity index (χ1n) is 9.40. The van der Waals surface area contributed by atoms with E-state index in [-0.39, 0.29) is 5.75 Å². The molecule has 5 heterocycles. The van der Waals surface area contributed by atoms with E-state index in [1.807, 2.05) is 42.5 Å². The van der Waals surface area contributed by atoms with E-state index in [4.69, 9.17) is 21.6 Å². The van der Waals surface area contributed by atoms with Crippen molar-refractivity contribution in [2.45, 2.75) is 0 Å². The van der Waals surface area contributed by atoms with E-state index >= 15 is 0 Å². The van der Waals surface area contributed by atoms with Crippen molar-refractivity contribution in [3.63, 3.8) is 0 Å². The van der Waals surface area contributed by atoms with Gasteiger partial charge in [-0.25, -0.2) is 9.97 Å². The molecule has 0 unspecified atom stereocenters. The van der Waals surface area contributed by atoms with Crippen LogP contribution in [0.3, 0.4) is 0 Å². The van der Waals surface area contributed by atoms with Crippen molar-refractivity contribution in [2.75, 3.05) is 0 Å². The minimum Gasteiger partial charge on any atom is -0.506 e. The van der Waals surface area contributed by atoms with Gasteiger partial charge in [-0.15, -0.1) is 11.3 Å². The van der Waals surface area contributed by atoms with Gasteiger partial charge in [0.25, 0.3) is 0 Å². The third kappa shape index (κ3) is 3.04. The molecule has 0 aliphatic rings. The normalized spacial score (nSPS) is 11.5. The van der Waals surface area contributed by atoms with Crippen LogP contribution in [0.5, 0.6) is 5.75 Å². The summed E-state index contributed by atoms with van der Waals surface area (Å²) in [6.45, 7) is 0. The molecule has 0 saturated carbocycles. The van der Waals surface area contributed by atoms with Gasteiger partial charge in [-0.2, -0.15) is 5.10 Å². The van der Waals surface area contributed by atoms with Crippen LogP contribution < -0.4 is 0 Å². The van der Waals surface area contributed by atoms with Gasteiger partial charge in [0, 0.05) is 22.2 Å². The van der Waals surface area contributed by atoms with E-state index in [9.17, 15) is 5.11 Å². The second kappa shape index (κ2) is 6.90. The Hall–Kier alpha value is -3.75. The average molecular weight is 445 g/mol. The number of aromatic amines is 2. The number of thiophene rings is 1. The quantitative estimate of drug-likeness (QED) is 0.327. The molecule has 6 rings (SSSR count). The second-order valence-corrected chi connectivity index (χ2v) is 8.70. The number of aromatic hydroxyl groups is 1. The topological polar surface area (TPSA) is 103 Å². The predicted molar refractivity (Wildman–Crippen MR) is 122 cm³/mol. The third-order valence-corrected chi connectivity index (χ3v) is 6.27. The highest BCUT2D eigenvalue weighted by Crippen LogP contribution is 2.36. The predicted octanol–water partition coefficient (Wildman–Crippen LogP) is 5.65. The lowest BCUT2D eigenvalue weighted by molar-refractivity contribution is 0.473. The van der Waals surface area contributed by atoms with Gasteiger partial charge in [0.05, 0.1) is 32.8 Å². The Bertz CT molecular complexity index is 1580. The molecule has 9 heteroatoms. The number of fused-ring (bicyclic) bond motifs is 2. The summed E-state index contributed by atoms with van der Waals surface area (Å²) in [6, 6.07) is 15.3. The van der Waals surface area contributed by atoms with Crippen LogP contribution in [0, 0.1) is 0 Å². The van der Waals surface area contributed by atoms with Crippen LogP contribution in [0.25, 0.3) is 55.3 Å². The summed E-state index contributed by atoms with van der Waals surface area (Å²) in [6.07, 6.45) is 3.05. The van der Waals surface area contributed by atoms with Crippen LogP contribution in [0.1, 0.15) is 0 Å². The van der Waals surface area contributed by atoms with E-state index in [1.165, 1.54) is 17.5 Å². The van der Waals surface area contributed by atoms with Crippen molar-refractivity contribution in [2.24, 2.45) is 0 Å². The van der Waals surface area contributed by atoms with Crippen LogP contribution in [-0.2, 0) is 0 Å². The van der Waals surface area contributed by atoms with E-state index in [0.29, 0.717) is 22.7 Å². The smallest absolute Gasteiger partial charge is 0.161 e. The molecule has 1 aromatic carbocycles. The number of imidazole rings is 1. The van der Waals surface area contributed by atoms with Crippen molar-refractivity contribution >= 4 is 45.0 Å². The number of halogens is 1. The first-order chi connectivity index (χ1) is 15.2. The van der Waals surface area contributed by atoms with Gasteiger partial charge in [0.1, 0.15) is 11.3 Å². The molecule has 0 amide bonds. The number of aromatic nitrogens is 6. The van der Waals surface area contributed by atoms with Crippen molar-refractivity contribution in [1.29, 1.82) is 0 Å². The number of nitrogens with one attached hydrogen (secondary N) is 2. The van der Waals surface area contributed by atoms with Gasteiger partial charge in [-0.1, -0.05) is 23.7 Å². The molecule has 0 spiro atoms. The lowest BCUT2D eigenvalue weighted by atomic mass is 10.1. The van der Waals surface area contributed by atoms with E-state index in [1.54, 1.807) is 12.3 Å². The first-order valence-corrected chi connectivity index (χ1v) is 10.6. The SMILES string of the molecule is Oc1cncc(-c2ccc3[nH]nc(-c4nc5c(-c6ccc(Cl)s6)cccc5[nH]4)c3n2)c1. The van der Waals surface area contributed by atoms with Gasteiger partial charge >= 0.3 is 0 Å². The van der Waals surface area contributed by atoms with Crippen LogP contribution >= 0.6 is 22.9 Å². The molecule has 31 heavy (non-hydrogen) atoms. The lowest BCUT2D eigenvalue weighted by Crippen LogP contribution is -1.87. The summed E-state index contributed by atoms with van der Waals surface area (Å²) in [5.74, 6) is 0.709. The monoisotopic (exact) mass is 444 g/mol. The van der Waals surface area contributed by atoms with Crippen LogP contribution in [0.2, 0.25) is 4.34 Å². The Labute approximate surface area is 184 Å². The zero-order valence-corrected chi connectivity index (χ0v) is 17.4. The molecule has 6 aromatic rings. The Kier molecular flexibility index (Phi) is 4.02. The van der Waals surface area contributed by atoms with Crippen molar-refractivity contribution < 1.29 is 5.11 Å². The van der Waals surface area contributed by atoms with Crippen LogP contribution in [0.15, 0.2) is 60.9 Å². The molecule has 0 atom stereocenters. The summed E-state index contributed by atoms with van der Waals surface area (Å²) in [5, 5.41) is 17.2. The molecule has 3 N–H and O–H groups in total. The largest absolute Gasteiger partial charge is 0.506 e. The van der Waals surface area contributed by atoms with Crippen molar-refractivity contribution in [1.82, 2.24) is 30.1 Å². The summed E-state index contributed by atoms with van der Waals surface area (Å²) in [7, 11) is 0. The number of nitrogens with zero attached hydrogens (tertiary/aromatic N) is 4. The van der Waals surface area contributed by atoms with E-state index < -0.39 is 0 Å². The maximum Gasteiger partial charge on any atom is 0.161 e. The number of hydrogen-bond donors (Lipinski definition) is 3. The number of hydrogen-bond acceptors (Lipinski definition) is 6. The Morgan fingerprint density at radius 1 is 0.935 bits per heavy atom.